The molecule has 0 radical (unpaired) electrons. The molecule has 0 aliphatic heterocycles. The lowest BCUT2D eigenvalue weighted by molar-refractivity contribution is -0.123. The molecule has 2 aromatic carbocycles. The lowest BCUT2D eigenvalue weighted by Gasteiger charge is -2.18. The van der Waals surface area contributed by atoms with E-state index in [4.69, 9.17) is 10.5 Å². The predicted octanol–water partition coefficient (Wildman–Crippen LogP) is 2.97. The number of halogens is 2. The Morgan fingerprint density at radius 1 is 1.06 bits per heavy atom. The molecule has 6 nitrogen and oxygen atoms in total. The highest BCUT2D eigenvalue weighted by Crippen LogP contribution is 2.21. The van der Waals surface area contributed by atoms with E-state index in [1.165, 1.54) is 13.0 Å². The van der Waals surface area contributed by atoms with Gasteiger partial charge in [0.05, 0.1) is 6.04 Å². The van der Waals surface area contributed by atoms with E-state index in [0.717, 1.165) is 12.1 Å². The average molecular weight is 432 g/mol. The Hall–Kier alpha value is -3.13. The molecule has 3 N–H and O–H groups in total. The van der Waals surface area contributed by atoms with Gasteiger partial charge in [0, 0.05) is 12.0 Å². The quantitative estimate of drug-likeness (QED) is 0.503. The molecule has 2 aromatic rings. The van der Waals surface area contributed by atoms with Crippen LogP contribution in [0.1, 0.15) is 42.1 Å². The van der Waals surface area contributed by atoms with Crippen LogP contribution in [0.2, 0.25) is 0 Å². The maximum Gasteiger partial charge on any atom is 0.251 e. The predicted molar refractivity (Wildman–Crippen MR) is 112 cm³/mol. The number of rotatable bonds is 12. The van der Waals surface area contributed by atoms with Crippen LogP contribution in [0.4, 0.5) is 8.78 Å². The van der Waals surface area contributed by atoms with E-state index in [9.17, 15) is 23.2 Å². The molecule has 0 bridgehead atoms. The molecule has 2 rings (SSSR count). The number of Topliss-reactive ketones (excluding diaryl/α,β-unsaturated/α-hetero) is 2. The van der Waals surface area contributed by atoms with Gasteiger partial charge in [0.2, 0.25) is 0 Å². The van der Waals surface area contributed by atoms with Crippen molar-refractivity contribution in [3.8, 4) is 5.75 Å². The second-order valence-electron chi connectivity index (χ2n) is 7.20. The number of nitrogens with two attached hydrogens (primary N) is 1. The fourth-order valence-electron chi connectivity index (χ4n) is 3.02. The molecule has 0 aliphatic rings. The molecule has 0 aliphatic carbocycles. The van der Waals surface area contributed by atoms with Crippen LogP contribution in [-0.2, 0) is 16.0 Å². The minimum Gasteiger partial charge on any atom is -0.480 e. The first-order valence-electron chi connectivity index (χ1n) is 10.0. The van der Waals surface area contributed by atoms with E-state index in [-0.39, 0.29) is 12.2 Å². The number of amides is 1. The molecule has 0 fully saturated rings. The van der Waals surface area contributed by atoms with Gasteiger partial charge in [-0.25, -0.2) is 8.78 Å². The van der Waals surface area contributed by atoms with Crippen molar-refractivity contribution >= 4 is 17.5 Å². The van der Waals surface area contributed by atoms with Crippen molar-refractivity contribution in [2.24, 2.45) is 5.73 Å². The smallest absolute Gasteiger partial charge is 0.251 e. The van der Waals surface area contributed by atoms with Gasteiger partial charge in [0.15, 0.2) is 23.2 Å². The van der Waals surface area contributed by atoms with Gasteiger partial charge in [-0.2, -0.15) is 0 Å². The minimum absolute atomic E-state index is 0.0371. The highest BCUT2D eigenvalue weighted by Gasteiger charge is 2.23. The van der Waals surface area contributed by atoms with E-state index < -0.39 is 41.7 Å². The molecule has 31 heavy (non-hydrogen) atoms. The summed E-state index contributed by atoms with van der Waals surface area (Å²) in [6.45, 7) is 1.28. The van der Waals surface area contributed by atoms with Crippen molar-refractivity contribution in [3.63, 3.8) is 0 Å². The summed E-state index contributed by atoms with van der Waals surface area (Å²) in [6.07, 6.45) is 1.72. The third-order valence-electron chi connectivity index (χ3n) is 4.56. The van der Waals surface area contributed by atoms with Gasteiger partial charge in [-0.05, 0) is 62.6 Å². The van der Waals surface area contributed by atoms with Gasteiger partial charge in [-0.3, -0.25) is 14.4 Å². The van der Waals surface area contributed by atoms with Gasteiger partial charge in [-0.1, -0.05) is 18.2 Å². The van der Waals surface area contributed by atoms with Crippen molar-refractivity contribution in [1.29, 1.82) is 0 Å². The van der Waals surface area contributed by atoms with Crippen molar-refractivity contribution < 1.29 is 27.9 Å². The fourth-order valence-corrected chi connectivity index (χ4v) is 3.02. The minimum atomic E-state index is -0.918. The number of unbranched alkanes of at least 4 members (excludes halogenated alkanes) is 1. The first-order chi connectivity index (χ1) is 14.8. The van der Waals surface area contributed by atoms with Crippen LogP contribution in [0, 0.1) is 11.6 Å². The second kappa shape index (κ2) is 11.9. The van der Waals surface area contributed by atoms with Crippen molar-refractivity contribution in [1.82, 2.24) is 5.32 Å². The van der Waals surface area contributed by atoms with Gasteiger partial charge < -0.3 is 15.8 Å². The normalized spacial score (nSPS) is 11.6. The zero-order valence-electron chi connectivity index (χ0n) is 17.3. The van der Waals surface area contributed by atoms with Crippen LogP contribution in [-0.4, -0.2) is 36.7 Å². The Morgan fingerprint density at radius 3 is 2.39 bits per heavy atom. The molecule has 0 spiro atoms. The second-order valence-corrected chi connectivity index (χ2v) is 7.20. The highest BCUT2D eigenvalue weighted by molar-refractivity contribution is 5.98. The van der Waals surface area contributed by atoms with E-state index in [1.807, 2.05) is 0 Å². The summed E-state index contributed by atoms with van der Waals surface area (Å²) in [7, 11) is 0. The molecule has 0 aromatic heterocycles. The first-order valence-corrected chi connectivity index (χ1v) is 10.0. The van der Waals surface area contributed by atoms with E-state index in [0.29, 0.717) is 36.9 Å². The molecular weight excluding hydrogens is 406 g/mol. The summed E-state index contributed by atoms with van der Waals surface area (Å²) in [5.74, 6) is -3.52. The lowest BCUT2D eigenvalue weighted by atomic mass is 10.0. The van der Waals surface area contributed by atoms with Gasteiger partial charge >= 0.3 is 0 Å². The Balaban J connectivity index is 2.09. The summed E-state index contributed by atoms with van der Waals surface area (Å²) in [4.78, 5) is 36.7. The monoisotopic (exact) mass is 432 g/mol. The number of ketones is 2. The number of hydrogen-bond donors (Lipinski definition) is 2. The number of carbonyl (C=O) groups is 3. The Kier molecular flexibility index (Phi) is 9.27. The number of para-hydroxylation sites is 1. The van der Waals surface area contributed by atoms with Gasteiger partial charge in [-0.15, -0.1) is 0 Å². The number of ether oxygens (including phenoxy) is 1. The Bertz CT molecular complexity index is 913. The fraction of sp³-hybridized carbons (Fsp3) is 0.348. The van der Waals surface area contributed by atoms with Gasteiger partial charge in [0.1, 0.15) is 12.4 Å². The molecule has 1 amide bonds. The largest absolute Gasteiger partial charge is 0.480 e. The van der Waals surface area contributed by atoms with E-state index in [2.05, 4.69) is 5.32 Å². The molecule has 166 valence electrons. The molecule has 0 saturated heterocycles. The molecule has 1 atom stereocenters. The summed E-state index contributed by atoms with van der Waals surface area (Å²) >= 11 is 0. The van der Waals surface area contributed by atoms with Crippen LogP contribution in [0.25, 0.3) is 0 Å². The first kappa shape index (κ1) is 24.1. The Morgan fingerprint density at radius 2 is 1.74 bits per heavy atom. The molecule has 8 heteroatoms. The zero-order valence-corrected chi connectivity index (χ0v) is 17.3. The maximum atomic E-state index is 13.7. The van der Waals surface area contributed by atoms with Crippen molar-refractivity contribution in [2.75, 3.05) is 13.2 Å². The van der Waals surface area contributed by atoms with Crippen LogP contribution >= 0.6 is 0 Å². The number of carbonyl (C=O) groups excluding carboxylic acids is 3. The number of benzene rings is 2. The SMILES string of the molecule is CC(=O)Cc1cccc(C(=O)N[C@@H](CCCCN)C(=O)COc2c(F)cccc2F)c1. The Labute approximate surface area is 179 Å². The number of nitrogens with one attached hydrogen (secondary N) is 1. The van der Waals surface area contributed by atoms with Crippen molar-refractivity contribution in [2.45, 2.75) is 38.6 Å². The third-order valence-corrected chi connectivity index (χ3v) is 4.56. The average Bonchev–Trinajstić information content (AvgIpc) is 2.72. The van der Waals surface area contributed by atoms with Crippen molar-refractivity contribution in [3.05, 3.63) is 65.2 Å². The highest BCUT2D eigenvalue weighted by atomic mass is 19.1. The van der Waals surface area contributed by atoms with Gasteiger partial charge in [0.25, 0.3) is 5.91 Å². The zero-order chi connectivity index (χ0) is 22.8. The summed E-state index contributed by atoms with van der Waals surface area (Å²) in [6, 6.07) is 8.88. The standard InChI is InChI=1S/C23H26F2N2O4/c1-15(28)12-16-6-4-7-17(13-16)23(30)27-20(10-2-3-11-26)21(29)14-31-22-18(24)8-5-9-19(22)25/h4-9,13,20H,2-3,10-12,14,26H2,1H3,(H,27,30)/t20-/m0/s1. The van der Waals surface area contributed by atoms with Crippen LogP contribution in [0.5, 0.6) is 5.75 Å². The van der Waals surface area contributed by atoms with E-state index >= 15 is 0 Å². The molecule has 0 heterocycles. The molecule has 0 unspecified atom stereocenters. The topological polar surface area (TPSA) is 98.5 Å². The summed E-state index contributed by atoms with van der Waals surface area (Å²) in [5, 5.41) is 2.66. The van der Waals surface area contributed by atoms with Crippen LogP contribution in [0.15, 0.2) is 42.5 Å². The summed E-state index contributed by atoms with van der Waals surface area (Å²) in [5.41, 5.74) is 6.49. The molecule has 0 saturated carbocycles. The maximum absolute atomic E-state index is 13.7. The van der Waals surface area contributed by atoms with E-state index in [1.54, 1.807) is 24.3 Å². The third kappa shape index (κ3) is 7.57. The lowest BCUT2D eigenvalue weighted by Crippen LogP contribution is -2.43. The summed E-state index contributed by atoms with van der Waals surface area (Å²) < 4.78 is 32.5. The van der Waals surface area contributed by atoms with Crippen LogP contribution in [0.3, 0.4) is 0 Å². The van der Waals surface area contributed by atoms with Crippen LogP contribution < -0.4 is 15.8 Å². The molecular formula is C23H26F2N2O4. The number of hydrogen-bond acceptors (Lipinski definition) is 5.